The smallest absolute Gasteiger partial charge is 0.237 e. The van der Waals surface area contributed by atoms with Crippen LogP contribution in [0.4, 0.5) is 17.2 Å². The number of hydrogen-bond acceptors (Lipinski definition) is 6. The van der Waals surface area contributed by atoms with Crippen LogP contribution in [0.1, 0.15) is 11.7 Å². The topological polar surface area (TPSA) is 76.7 Å². The third-order valence-electron chi connectivity index (χ3n) is 16.2. The molecule has 0 amide bonds. The van der Waals surface area contributed by atoms with Crippen LogP contribution in [0.3, 0.4) is 0 Å². The lowest BCUT2D eigenvalue weighted by Crippen LogP contribution is -2.24. The molecular formula is C75H50N8. The molecule has 5 heterocycles. The monoisotopic (exact) mass is 1060 g/mol. The highest BCUT2D eigenvalue weighted by molar-refractivity contribution is 6.13. The molecule has 83 heavy (non-hydrogen) atoms. The van der Waals surface area contributed by atoms with Gasteiger partial charge in [-0.15, -0.1) is 0 Å². The van der Waals surface area contributed by atoms with Gasteiger partial charge >= 0.3 is 0 Å². The molecule has 0 fully saturated rings. The van der Waals surface area contributed by atoms with Crippen molar-refractivity contribution in [3.63, 3.8) is 0 Å². The van der Waals surface area contributed by atoms with Crippen LogP contribution in [0.5, 0.6) is 0 Å². The molecule has 16 rings (SSSR count). The molecule has 8 heteroatoms. The number of nitrogens with one attached hydrogen (secondary N) is 1. The number of aromatic nitrogens is 6. The Bertz CT molecular complexity index is 4910. The molecule has 1 aliphatic heterocycles. The van der Waals surface area contributed by atoms with Gasteiger partial charge in [0, 0.05) is 55.2 Å². The molecule has 0 saturated carbocycles. The Labute approximate surface area is 479 Å². The van der Waals surface area contributed by atoms with Crippen molar-refractivity contribution in [2.45, 2.75) is 6.17 Å². The van der Waals surface area contributed by atoms with Crippen LogP contribution in [0.2, 0.25) is 0 Å². The lowest BCUT2D eigenvalue weighted by Gasteiger charge is -2.26. The van der Waals surface area contributed by atoms with Gasteiger partial charge in [0.05, 0.1) is 33.5 Å². The van der Waals surface area contributed by atoms with Gasteiger partial charge < -0.3 is 9.88 Å². The largest absolute Gasteiger partial charge is 0.356 e. The normalized spacial score (nSPS) is 13.0. The zero-order chi connectivity index (χ0) is 54.8. The minimum absolute atomic E-state index is 0.336. The number of benzene rings is 11. The Balaban J connectivity index is 0.803. The predicted molar refractivity (Wildman–Crippen MR) is 340 cm³/mol. The molecule has 1 atom stereocenters. The van der Waals surface area contributed by atoms with E-state index in [1.807, 2.05) is 24.3 Å². The van der Waals surface area contributed by atoms with Crippen LogP contribution in [0.25, 0.3) is 123 Å². The van der Waals surface area contributed by atoms with Gasteiger partial charge in [-0.05, 0) is 94.5 Å². The molecule has 11 aromatic carbocycles. The summed E-state index contributed by atoms with van der Waals surface area (Å²) in [6, 6.07) is 103. The standard InChI is InChI=1S/C75H50N8/c1-6-20-49(21-7-1)50-34-36-51(37-35-50)64-48-65(77-72(76-64)54-24-10-3-11-25-54)52-38-40-55(41-39-52)73-78-71-70(53-22-8-2-9-23-53)79-75(80-74(71)82(73)59-28-14-5-15-29-59)83-67-33-19-17-31-61(67)63-47-57(43-45-69(63)83)56-42-44-68-62(46-56)60-30-16-18-32-66(60)81(68)58-26-12-4-13-27-58/h1-48,73,78H. The summed E-state index contributed by atoms with van der Waals surface area (Å²) in [7, 11) is 0. The molecular weight excluding hydrogens is 1010 g/mol. The molecule has 15 aromatic rings. The van der Waals surface area contributed by atoms with Gasteiger partial charge in [-0.1, -0.05) is 224 Å². The summed E-state index contributed by atoms with van der Waals surface area (Å²) in [6.07, 6.45) is -0.336. The van der Waals surface area contributed by atoms with Crippen LogP contribution in [-0.4, -0.2) is 29.1 Å². The second-order valence-electron chi connectivity index (χ2n) is 21.1. The van der Waals surface area contributed by atoms with Gasteiger partial charge in [0.1, 0.15) is 17.5 Å². The van der Waals surface area contributed by atoms with Crippen LogP contribution < -0.4 is 10.2 Å². The Morgan fingerprint density at radius 1 is 0.301 bits per heavy atom. The molecule has 1 N–H and O–H groups in total. The molecule has 8 nitrogen and oxygen atoms in total. The van der Waals surface area contributed by atoms with E-state index in [1.54, 1.807) is 0 Å². The van der Waals surface area contributed by atoms with E-state index in [0.717, 1.165) is 106 Å². The maximum Gasteiger partial charge on any atom is 0.237 e. The summed E-state index contributed by atoms with van der Waals surface area (Å²) >= 11 is 0. The lowest BCUT2D eigenvalue weighted by atomic mass is 10.0. The Morgan fingerprint density at radius 3 is 1.33 bits per heavy atom. The average Bonchev–Trinajstić information content (AvgIpc) is 2.87. The lowest BCUT2D eigenvalue weighted by molar-refractivity contribution is 0.818. The highest BCUT2D eigenvalue weighted by Gasteiger charge is 2.37. The minimum Gasteiger partial charge on any atom is -0.356 e. The van der Waals surface area contributed by atoms with E-state index in [4.69, 9.17) is 19.9 Å². The van der Waals surface area contributed by atoms with Crippen LogP contribution in [0, 0.1) is 0 Å². The number of anilines is 3. The van der Waals surface area contributed by atoms with E-state index in [1.165, 1.54) is 27.4 Å². The summed E-state index contributed by atoms with van der Waals surface area (Å²) in [5, 5.41) is 8.67. The molecule has 1 unspecified atom stereocenters. The van der Waals surface area contributed by atoms with E-state index in [-0.39, 0.29) is 6.17 Å². The molecule has 0 aliphatic carbocycles. The van der Waals surface area contributed by atoms with Crippen molar-refractivity contribution in [2.75, 3.05) is 10.2 Å². The first-order chi connectivity index (χ1) is 41.1. The average molecular weight is 1060 g/mol. The van der Waals surface area contributed by atoms with Gasteiger partial charge in [0.25, 0.3) is 0 Å². The number of hydrogen-bond donors (Lipinski definition) is 1. The van der Waals surface area contributed by atoms with Gasteiger partial charge in [-0.25, -0.2) is 15.0 Å². The van der Waals surface area contributed by atoms with Crippen molar-refractivity contribution < 1.29 is 0 Å². The third kappa shape index (κ3) is 8.31. The van der Waals surface area contributed by atoms with Crippen LogP contribution >= 0.6 is 0 Å². The van der Waals surface area contributed by atoms with E-state index >= 15 is 0 Å². The number of para-hydroxylation sites is 4. The molecule has 0 saturated heterocycles. The fraction of sp³-hybridized carbons (Fsp3) is 0.0133. The van der Waals surface area contributed by atoms with Crippen molar-refractivity contribution >= 4 is 60.8 Å². The van der Waals surface area contributed by atoms with Gasteiger partial charge in [-0.2, -0.15) is 4.98 Å². The van der Waals surface area contributed by atoms with E-state index in [2.05, 4.69) is 286 Å². The van der Waals surface area contributed by atoms with Gasteiger partial charge in [0.2, 0.25) is 5.95 Å². The van der Waals surface area contributed by atoms with E-state index in [9.17, 15) is 0 Å². The third-order valence-corrected chi connectivity index (χ3v) is 16.2. The Hall–Kier alpha value is -11.2. The van der Waals surface area contributed by atoms with Crippen LogP contribution in [0.15, 0.2) is 291 Å². The molecule has 0 spiro atoms. The van der Waals surface area contributed by atoms with Gasteiger partial charge in [-0.3, -0.25) is 9.47 Å². The maximum absolute atomic E-state index is 5.65. The van der Waals surface area contributed by atoms with Crippen molar-refractivity contribution in [3.8, 4) is 79.0 Å². The molecule has 0 radical (unpaired) electrons. The number of nitrogens with zero attached hydrogens (tertiary/aromatic N) is 7. The highest BCUT2D eigenvalue weighted by atomic mass is 15.4. The summed E-state index contributed by atoms with van der Waals surface area (Å²) in [4.78, 5) is 23.9. The molecule has 4 aromatic heterocycles. The van der Waals surface area contributed by atoms with Crippen molar-refractivity contribution in [2.24, 2.45) is 0 Å². The van der Waals surface area contributed by atoms with Crippen LogP contribution in [-0.2, 0) is 0 Å². The predicted octanol–water partition coefficient (Wildman–Crippen LogP) is 18.7. The first-order valence-corrected chi connectivity index (χ1v) is 28.1. The van der Waals surface area contributed by atoms with E-state index < -0.39 is 0 Å². The number of rotatable bonds is 10. The van der Waals surface area contributed by atoms with Crippen molar-refractivity contribution in [1.29, 1.82) is 0 Å². The first kappa shape index (κ1) is 47.8. The fourth-order valence-electron chi connectivity index (χ4n) is 12.2. The SMILES string of the molecule is c1ccc(-c2ccc(-c3cc(-c4ccc(C5Nc6c(-c7ccccc7)nc(-n7c8ccccc8c8cc(-c9ccc%10c(c9)c9ccccc9n%10-c9ccccc9)ccc87)nc6N5c5ccccc5)cc4)nc(-c4ccccc4)n3)cc2)cc1. The summed E-state index contributed by atoms with van der Waals surface area (Å²) < 4.78 is 4.60. The van der Waals surface area contributed by atoms with Crippen molar-refractivity contribution in [1.82, 2.24) is 29.1 Å². The molecule has 390 valence electrons. The second-order valence-corrected chi connectivity index (χ2v) is 21.1. The molecule has 0 bridgehead atoms. The zero-order valence-electron chi connectivity index (χ0n) is 44.9. The second kappa shape index (κ2) is 19.8. The minimum atomic E-state index is -0.336. The Morgan fingerprint density at radius 2 is 0.735 bits per heavy atom. The highest BCUT2D eigenvalue weighted by Crippen LogP contribution is 2.50. The summed E-state index contributed by atoms with van der Waals surface area (Å²) in [6.45, 7) is 0. The van der Waals surface area contributed by atoms with Gasteiger partial charge in [0.15, 0.2) is 11.6 Å². The zero-order valence-corrected chi connectivity index (χ0v) is 44.9. The first-order valence-electron chi connectivity index (χ1n) is 28.1. The number of fused-ring (bicyclic) bond motifs is 7. The molecule has 1 aliphatic rings. The summed E-state index contributed by atoms with van der Waals surface area (Å²) in [5.74, 6) is 2.04. The fourth-order valence-corrected chi connectivity index (χ4v) is 12.2. The van der Waals surface area contributed by atoms with E-state index in [0.29, 0.717) is 11.8 Å². The quantitative estimate of drug-likeness (QED) is 0.147. The maximum atomic E-state index is 5.65. The summed E-state index contributed by atoms with van der Waals surface area (Å²) in [5.41, 5.74) is 19.5. The Kier molecular flexibility index (Phi) is 11.4. The van der Waals surface area contributed by atoms with Crippen molar-refractivity contribution in [3.05, 3.63) is 297 Å².